The summed E-state index contributed by atoms with van der Waals surface area (Å²) < 4.78 is 33.6. The topological polar surface area (TPSA) is 155 Å². The van der Waals surface area contributed by atoms with Crippen molar-refractivity contribution in [3.05, 3.63) is 0 Å². The molecule has 0 rings (SSSR count). The maximum atomic E-state index is 12.7. The van der Waals surface area contributed by atoms with E-state index in [0.29, 0.717) is 6.61 Å². The molecule has 0 aromatic rings. The van der Waals surface area contributed by atoms with E-state index in [1.807, 2.05) is 0 Å². The number of carboxylic acids is 1. The molecule has 11 heteroatoms. The van der Waals surface area contributed by atoms with Crippen LogP contribution in [0.25, 0.3) is 0 Å². The quantitative estimate of drug-likeness (QED) is 0.0305. The third-order valence-electron chi connectivity index (χ3n) is 12.6. The first-order chi connectivity index (χ1) is 31.2. The number of ether oxygens (including phenoxy) is 2. The summed E-state index contributed by atoms with van der Waals surface area (Å²) in [5.41, 5.74) is 5.38. The molecule has 0 amide bonds. The minimum atomic E-state index is -4.62. The van der Waals surface area contributed by atoms with Crippen LogP contribution in [0, 0.1) is 0 Å². The highest BCUT2D eigenvalue weighted by molar-refractivity contribution is 7.47. The first kappa shape index (κ1) is 63.0. The average molecular weight is 932 g/mol. The zero-order chi connectivity index (χ0) is 46.9. The average Bonchev–Trinajstić information content (AvgIpc) is 3.28. The molecule has 0 aromatic heterocycles. The summed E-state index contributed by atoms with van der Waals surface area (Å²) >= 11 is 0. The fourth-order valence-electron chi connectivity index (χ4n) is 8.37. The lowest BCUT2D eigenvalue weighted by Gasteiger charge is -2.20. The van der Waals surface area contributed by atoms with Crippen molar-refractivity contribution in [1.29, 1.82) is 0 Å². The minimum Gasteiger partial charge on any atom is -0.480 e. The van der Waals surface area contributed by atoms with Gasteiger partial charge in [0.15, 0.2) is 0 Å². The van der Waals surface area contributed by atoms with Gasteiger partial charge in [0, 0.05) is 13.0 Å². The Morgan fingerprint density at radius 3 is 1.03 bits per heavy atom. The van der Waals surface area contributed by atoms with Gasteiger partial charge in [-0.05, 0) is 12.8 Å². The number of carbonyl (C=O) groups excluding carboxylic acids is 1. The second-order valence-corrected chi connectivity index (χ2v) is 20.5. The van der Waals surface area contributed by atoms with Crippen molar-refractivity contribution in [1.82, 2.24) is 0 Å². The summed E-state index contributed by atoms with van der Waals surface area (Å²) in [5.74, 6) is -1.76. The standard InChI is InChI=1S/C53H106NO9P/c1-3-5-7-9-11-13-15-17-19-21-23-25-26-27-29-31-33-35-37-39-41-43-45-52(55)63-50(48-61-64(58,59)62-49-51(54)53(56)57)47-60-46-44-42-40-38-36-34-32-30-28-24-22-20-18-16-14-12-10-8-6-4-2/h50-51H,3-49,54H2,1-2H3,(H,56,57)(H,58,59). The summed E-state index contributed by atoms with van der Waals surface area (Å²) in [6.45, 7) is 3.97. The van der Waals surface area contributed by atoms with Crippen LogP contribution in [-0.2, 0) is 32.7 Å². The monoisotopic (exact) mass is 932 g/mol. The van der Waals surface area contributed by atoms with Gasteiger partial charge >= 0.3 is 19.8 Å². The molecule has 0 spiro atoms. The summed E-state index contributed by atoms with van der Waals surface area (Å²) in [6, 6.07) is -1.47. The van der Waals surface area contributed by atoms with E-state index in [2.05, 4.69) is 13.8 Å². The van der Waals surface area contributed by atoms with Gasteiger partial charge < -0.3 is 25.2 Å². The number of esters is 1. The van der Waals surface area contributed by atoms with Crippen LogP contribution in [0.4, 0.5) is 0 Å². The molecule has 0 radical (unpaired) electrons. The van der Waals surface area contributed by atoms with Crippen LogP contribution in [0.3, 0.4) is 0 Å². The number of phosphoric ester groups is 1. The van der Waals surface area contributed by atoms with Gasteiger partial charge in [0.05, 0.1) is 19.8 Å². The van der Waals surface area contributed by atoms with Crippen LogP contribution < -0.4 is 5.73 Å². The first-order valence-corrected chi connectivity index (χ1v) is 29.1. The summed E-state index contributed by atoms with van der Waals surface area (Å²) in [6.07, 6.45) is 54.5. The smallest absolute Gasteiger partial charge is 0.472 e. The maximum Gasteiger partial charge on any atom is 0.472 e. The van der Waals surface area contributed by atoms with Gasteiger partial charge in [0.25, 0.3) is 0 Å². The maximum absolute atomic E-state index is 12.7. The van der Waals surface area contributed by atoms with Crippen molar-refractivity contribution in [2.24, 2.45) is 5.73 Å². The van der Waals surface area contributed by atoms with E-state index in [9.17, 15) is 19.0 Å². The van der Waals surface area contributed by atoms with Crippen LogP contribution in [0.2, 0.25) is 0 Å². The second kappa shape index (κ2) is 49.9. The summed E-state index contributed by atoms with van der Waals surface area (Å²) in [5, 5.41) is 8.94. The van der Waals surface area contributed by atoms with Crippen LogP contribution in [-0.4, -0.2) is 60.5 Å². The lowest BCUT2D eigenvalue weighted by Crippen LogP contribution is -2.34. The molecule has 0 bridgehead atoms. The Bertz CT molecular complexity index is 1030. The number of aliphatic carboxylic acids is 1. The number of nitrogens with two attached hydrogens (primary N) is 1. The highest BCUT2D eigenvalue weighted by Gasteiger charge is 2.27. The van der Waals surface area contributed by atoms with Crippen molar-refractivity contribution >= 4 is 19.8 Å². The number of hydrogen-bond acceptors (Lipinski definition) is 8. The van der Waals surface area contributed by atoms with E-state index in [1.54, 1.807) is 0 Å². The minimum absolute atomic E-state index is 0.0266. The van der Waals surface area contributed by atoms with Gasteiger partial charge in [-0.1, -0.05) is 271 Å². The van der Waals surface area contributed by atoms with Gasteiger partial charge in [-0.3, -0.25) is 18.6 Å². The second-order valence-electron chi connectivity index (χ2n) is 19.1. The Morgan fingerprint density at radius 2 is 0.719 bits per heavy atom. The number of hydrogen-bond donors (Lipinski definition) is 3. The van der Waals surface area contributed by atoms with Crippen molar-refractivity contribution < 1.29 is 42.7 Å². The molecule has 0 saturated heterocycles. The van der Waals surface area contributed by atoms with Crippen molar-refractivity contribution in [2.75, 3.05) is 26.4 Å². The van der Waals surface area contributed by atoms with Gasteiger partial charge in [0.2, 0.25) is 0 Å². The lowest BCUT2D eigenvalue weighted by atomic mass is 10.0. The molecule has 0 aromatic carbocycles. The SMILES string of the molecule is CCCCCCCCCCCCCCCCCCCCCCCCC(=O)OC(COCCCCCCCCCCCCCCCCCCCCCC)COP(=O)(O)OCC(N)C(=O)O. The molecule has 3 atom stereocenters. The lowest BCUT2D eigenvalue weighted by molar-refractivity contribution is -0.154. The predicted molar refractivity (Wildman–Crippen MR) is 268 cm³/mol. The molecule has 382 valence electrons. The van der Waals surface area contributed by atoms with E-state index in [4.69, 9.17) is 29.4 Å². The third kappa shape index (κ3) is 48.9. The highest BCUT2D eigenvalue weighted by Crippen LogP contribution is 2.43. The van der Waals surface area contributed by atoms with Crippen molar-refractivity contribution in [2.45, 2.75) is 302 Å². The van der Waals surface area contributed by atoms with Crippen LogP contribution >= 0.6 is 7.82 Å². The Labute approximate surface area is 395 Å². The molecule has 0 aliphatic carbocycles. The first-order valence-electron chi connectivity index (χ1n) is 27.6. The van der Waals surface area contributed by atoms with Gasteiger partial charge in [-0.2, -0.15) is 0 Å². The Hall–Kier alpha value is -1.03. The molecule has 0 aliphatic rings. The Balaban J connectivity index is 4.03. The zero-order valence-corrected chi connectivity index (χ0v) is 43.1. The van der Waals surface area contributed by atoms with E-state index < -0.39 is 45.1 Å². The van der Waals surface area contributed by atoms with Gasteiger partial charge in [-0.15, -0.1) is 0 Å². The van der Waals surface area contributed by atoms with Gasteiger partial charge in [0.1, 0.15) is 12.1 Å². The number of carbonyl (C=O) groups is 2. The van der Waals surface area contributed by atoms with E-state index >= 15 is 0 Å². The number of carboxylic acid groups (broad SMARTS) is 1. The molecule has 0 saturated carbocycles. The van der Waals surface area contributed by atoms with E-state index in [0.717, 1.165) is 38.5 Å². The molecule has 0 heterocycles. The summed E-state index contributed by atoms with van der Waals surface area (Å²) in [4.78, 5) is 33.7. The fraction of sp³-hybridized carbons (Fsp3) is 0.962. The highest BCUT2D eigenvalue weighted by atomic mass is 31.2. The molecule has 0 fully saturated rings. The molecule has 3 unspecified atom stereocenters. The molecule has 64 heavy (non-hydrogen) atoms. The van der Waals surface area contributed by atoms with Crippen molar-refractivity contribution in [3.8, 4) is 0 Å². The van der Waals surface area contributed by atoms with Crippen LogP contribution in [0.5, 0.6) is 0 Å². The number of unbranched alkanes of at least 4 members (excludes halogenated alkanes) is 40. The number of rotatable bonds is 54. The predicted octanol–water partition coefficient (Wildman–Crippen LogP) is 16.3. The normalized spacial score (nSPS) is 13.6. The van der Waals surface area contributed by atoms with Crippen LogP contribution in [0.1, 0.15) is 290 Å². The number of phosphoric acid groups is 1. The molecule has 10 nitrogen and oxygen atoms in total. The Kier molecular flexibility index (Phi) is 49.1. The fourth-order valence-corrected chi connectivity index (χ4v) is 9.15. The summed E-state index contributed by atoms with van der Waals surface area (Å²) in [7, 11) is -4.62. The van der Waals surface area contributed by atoms with E-state index in [1.165, 1.54) is 231 Å². The van der Waals surface area contributed by atoms with E-state index in [-0.39, 0.29) is 13.0 Å². The van der Waals surface area contributed by atoms with Crippen LogP contribution in [0.15, 0.2) is 0 Å². The zero-order valence-electron chi connectivity index (χ0n) is 42.2. The third-order valence-corrected chi connectivity index (χ3v) is 13.6. The molecule has 0 aliphatic heterocycles. The molecule has 4 N–H and O–H groups in total. The molecular formula is C53H106NO9P. The molecular weight excluding hydrogens is 826 g/mol. The van der Waals surface area contributed by atoms with Gasteiger partial charge in [-0.25, -0.2) is 4.57 Å². The Morgan fingerprint density at radius 1 is 0.438 bits per heavy atom. The van der Waals surface area contributed by atoms with Crippen molar-refractivity contribution in [3.63, 3.8) is 0 Å². The largest absolute Gasteiger partial charge is 0.480 e.